The molecule has 1 amide bonds. The number of halogens is 3. The Balaban J connectivity index is 1.58. The van der Waals surface area contributed by atoms with Gasteiger partial charge in [-0.15, -0.1) is 0 Å². The van der Waals surface area contributed by atoms with E-state index in [1.807, 2.05) is 43.3 Å². The molecule has 0 radical (unpaired) electrons. The minimum absolute atomic E-state index is 0.0942. The first-order valence-corrected chi connectivity index (χ1v) is 10.2. The van der Waals surface area contributed by atoms with Crippen LogP contribution in [0, 0.1) is 16.0 Å². The Bertz CT molecular complexity index is 969. The topological polar surface area (TPSA) is 78.7 Å². The zero-order valence-electron chi connectivity index (χ0n) is 17.9. The van der Waals surface area contributed by atoms with E-state index in [0.717, 1.165) is 23.4 Å². The highest BCUT2D eigenvalue weighted by Gasteiger charge is 2.34. The molecule has 0 atom stereocenters. The van der Waals surface area contributed by atoms with Gasteiger partial charge in [-0.1, -0.05) is 12.1 Å². The van der Waals surface area contributed by atoms with Crippen LogP contribution in [0.3, 0.4) is 0 Å². The van der Waals surface area contributed by atoms with Crippen molar-refractivity contribution in [3.63, 3.8) is 0 Å². The van der Waals surface area contributed by atoms with E-state index in [4.69, 9.17) is 0 Å². The fourth-order valence-corrected chi connectivity index (χ4v) is 3.74. The molecule has 7 nitrogen and oxygen atoms in total. The van der Waals surface area contributed by atoms with Gasteiger partial charge in [0.25, 0.3) is 5.69 Å². The highest BCUT2D eigenvalue weighted by atomic mass is 19.4. The van der Waals surface area contributed by atoms with Crippen LogP contribution in [0.15, 0.2) is 42.5 Å². The van der Waals surface area contributed by atoms with Gasteiger partial charge in [0.1, 0.15) is 5.69 Å². The van der Waals surface area contributed by atoms with Crippen LogP contribution in [-0.4, -0.2) is 38.0 Å². The molecule has 2 aromatic rings. The quantitative estimate of drug-likeness (QED) is 0.527. The summed E-state index contributed by atoms with van der Waals surface area (Å²) in [5.41, 5.74) is 0.541. The number of nitrogens with zero attached hydrogens (tertiary/aromatic N) is 3. The summed E-state index contributed by atoms with van der Waals surface area (Å²) in [6, 6.07) is 10.4. The predicted octanol–water partition coefficient (Wildman–Crippen LogP) is 4.21. The number of carbonyl (C=O) groups excluding carboxylic acids is 1. The number of nitrogens with one attached hydrogen (secondary N) is 1. The molecule has 1 fully saturated rings. The molecule has 1 aliphatic heterocycles. The van der Waals surface area contributed by atoms with Gasteiger partial charge in [0, 0.05) is 51.4 Å². The zero-order valence-corrected chi connectivity index (χ0v) is 17.9. The largest absolute Gasteiger partial charge is 0.416 e. The monoisotopic (exact) mass is 450 g/mol. The highest BCUT2D eigenvalue weighted by Crippen LogP contribution is 2.37. The van der Waals surface area contributed by atoms with Crippen molar-refractivity contribution in [2.45, 2.75) is 25.6 Å². The number of nitro groups is 1. The highest BCUT2D eigenvalue weighted by molar-refractivity contribution is 5.79. The van der Waals surface area contributed by atoms with Gasteiger partial charge in [0.15, 0.2) is 0 Å². The standard InChI is InChI=1S/C22H25F3N4O3/c1-27(2)18-6-3-15(4-7-18)14-26-21(30)16-9-11-28(12-10-16)19-8-5-17(22(23,24)25)13-20(19)29(31)32/h3-8,13,16H,9-12,14H2,1-2H3,(H,26,30). The lowest BCUT2D eigenvalue weighted by atomic mass is 9.95. The van der Waals surface area contributed by atoms with Crippen molar-refractivity contribution in [3.05, 3.63) is 63.7 Å². The summed E-state index contributed by atoms with van der Waals surface area (Å²) in [6.45, 7) is 1.10. The molecule has 10 heteroatoms. The molecule has 2 aromatic carbocycles. The first kappa shape index (κ1) is 23.4. The molecule has 3 rings (SSSR count). The van der Waals surface area contributed by atoms with E-state index in [1.54, 1.807) is 4.90 Å². The van der Waals surface area contributed by atoms with Gasteiger partial charge in [-0.25, -0.2) is 0 Å². The van der Waals surface area contributed by atoms with E-state index in [1.165, 1.54) is 0 Å². The van der Waals surface area contributed by atoms with Gasteiger partial charge < -0.3 is 15.1 Å². The number of amides is 1. The van der Waals surface area contributed by atoms with Gasteiger partial charge in [0.2, 0.25) is 5.91 Å². The maximum absolute atomic E-state index is 12.9. The summed E-state index contributed by atoms with van der Waals surface area (Å²) in [6.07, 6.45) is -3.73. The third-order valence-corrected chi connectivity index (χ3v) is 5.63. The van der Waals surface area contributed by atoms with Crippen LogP contribution in [0.25, 0.3) is 0 Å². The average molecular weight is 450 g/mol. The number of benzene rings is 2. The van der Waals surface area contributed by atoms with Crippen LogP contribution in [0.2, 0.25) is 0 Å². The molecule has 0 aromatic heterocycles. The molecule has 0 aliphatic carbocycles. The van der Waals surface area contributed by atoms with Gasteiger partial charge in [-0.05, 0) is 42.7 Å². The van der Waals surface area contributed by atoms with E-state index < -0.39 is 22.4 Å². The Morgan fingerprint density at radius 1 is 1.16 bits per heavy atom. The van der Waals surface area contributed by atoms with Gasteiger partial charge in [-0.2, -0.15) is 13.2 Å². The maximum atomic E-state index is 12.9. The van der Waals surface area contributed by atoms with Crippen LogP contribution in [0.1, 0.15) is 24.0 Å². The second-order valence-corrected chi connectivity index (χ2v) is 8.00. The average Bonchev–Trinajstić information content (AvgIpc) is 2.76. The van der Waals surface area contributed by atoms with E-state index in [2.05, 4.69) is 5.32 Å². The Labute approximate surface area is 184 Å². The molecule has 1 aliphatic rings. The summed E-state index contributed by atoms with van der Waals surface area (Å²) >= 11 is 0. The molecular weight excluding hydrogens is 425 g/mol. The fourth-order valence-electron chi connectivity index (χ4n) is 3.74. The van der Waals surface area contributed by atoms with Crippen LogP contribution in [0.5, 0.6) is 0 Å². The van der Waals surface area contributed by atoms with Crippen molar-refractivity contribution in [3.8, 4) is 0 Å². The number of hydrogen-bond acceptors (Lipinski definition) is 5. The fraction of sp³-hybridized carbons (Fsp3) is 0.409. The third kappa shape index (κ3) is 5.49. The first-order valence-electron chi connectivity index (χ1n) is 10.2. The lowest BCUT2D eigenvalue weighted by Crippen LogP contribution is -2.40. The number of piperidine rings is 1. The summed E-state index contributed by atoms with van der Waals surface area (Å²) < 4.78 is 38.7. The number of carbonyl (C=O) groups is 1. The molecule has 1 N–H and O–H groups in total. The Hall–Kier alpha value is -3.30. The van der Waals surface area contributed by atoms with Gasteiger partial charge in [-0.3, -0.25) is 14.9 Å². The Morgan fingerprint density at radius 3 is 2.31 bits per heavy atom. The number of nitro benzene ring substituents is 1. The first-order chi connectivity index (χ1) is 15.1. The van der Waals surface area contributed by atoms with Crippen LogP contribution >= 0.6 is 0 Å². The lowest BCUT2D eigenvalue weighted by molar-refractivity contribution is -0.384. The van der Waals surface area contributed by atoms with E-state index in [0.29, 0.717) is 38.5 Å². The minimum atomic E-state index is -4.65. The number of hydrogen-bond donors (Lipinski definition) is 1. The SMILES string of the molecule is CN(C)c1ccc(CNC(=O)C2CCN(c3ccc(C(F)(F)F)cc3[N+](=O)[O-])CC2)cc1. The van der Waals surface area contributed by atoms with Crippen molar-refractivity contribution in [1.82, 2.24) is 5.32 Å². The van der Waals surface area contributed by atoms with E-state index >= 15 is 0 Å². The number of anilines is 2. The van der Waals surface area contributed by atoms with Crippen LogP contribution < -0.4 is 15.1 Å². The van der Waals surface area contributed by atoms with Crippen molar-refractivity contribution in [1.29, 1.82) is 0 Å². The van der Waals surface area contributed by atoms with Crippen LogP contribution in [0.4, 0.5) is 30.2 Å². The predicted molar refractivity (Wildman–Crippen MR) is 116 cm³/mol. The Kier molecular flexibility index (Phi) is 6.90. The normalized spacial score (nSPS) is 14.8. The molecule has 1 saturated heterocycles. The second kappa shape index (κ2) is 9.46. The summed E-state index contributed by atoms with van der Waals surface area (Å²) in [4.78, 5) is 26.7. The van der Waals surface area contributed by atoms with Crippen molar-refractivity contribution in [2.75, 3.05) is 37.0 Å². The molecule has 0 saturated carbocycles. The molecule has 0 unspecified atom stereocenters. The van der Waals surface area contributed by atoms with E-state index in [-0.39, 0.29) is 17.5 Å². The molecule has 1 heterocycles. The molecule has 0 spiro atoms. The molecule has 172 valence electrons. The van der Waals surface area contributed by atoms with Crippen LogP contribution in [-0.2, 0) is 17.5 Å². The summed E-state index contributed by atoms with van der Waals surface area (Å²) in [7, 11) is 3.89. The van der Waals surface area contributed by atoms with Gasteiger partial charge >= 0.3 is 6.18 Å². The maximum Gasteiger partial charge on any atom is 0.416 e. The van der Waals surface area contributed by atoms with Crippen molar-refractivity contribution in [2.24, 2.45) is 5.92 Å². The van der Waals surface area contributed by atoms with E-state index in [9.17, 15) is 28.1 Å². The zero-order chi connectivity index (χ0) is 23.5. The number of rotatable bonds is 6. The Morgan fingerprint density at radius 2 is 1.78 bits per heavy atom. The molecule has 0 bridgehead atoms. The molecule has 32 heavy (non-hydrogen) atoms. The second-order valence-electron chi connectivity index (χ2n) is 8.00. The minimum Gasteiger partial charge on any atom is -0.378 e. The van der Waals surface area contributed by atoms with Crippen molar-refractivity contribution < 1.29 is 22.9 Å². The van der Waals surface area contributed by atoms with Gasteiger partial charge in [0.05, 0.1) is 10.5 Å². The number of alkyl halides is 3. The molecular formula is C22H25F3N4O3. The van der Waals surface area contributed by atoms with Crippen molar-refractivity contribution >= 4 is 23.0 Å². The lowest BCUT2D eigenvalue weighted by Gasteiger charge is -2.32. The third-order valence-electron chi connectivity index (χ3n) is 5.63. The summed E-state index contributed by atoms with van der Waals surface area (Å²) in [5.74, 6) is -0.343. The smallest absolute Gasteiger partial charge is 0.378 e. The summed E-state index contributed by atoms with van der Waals surface area (Å²) in [5, 5.41) is 14.3.